The molecule has 1 fully saturated rings. The van der Waals surface area contributed by atoms with Crippen LogP contribution in [0.5, 0.6) is 5.75 Å². The molecule has 3 aromatic carbocycles. The molecule has 1 aliphatic rings. The zero-order valence-electron chi connectivity index (χ0n) is 18.3. The van der Waals surface area contributed by atoms with E-state index in [1.165, 1.54) is 36.4 Å². The Morgan fingerprint density at radius 1 is 0.972 bits per heavy atom. The minimum absolute atomic E-state index is 0.196. The summed E-state index contributed by atoms with van der Waals surface area (Å²) in [6, 6.07) is 14.8. The summed E-state index contributed by atoms with van der Waals surface area (Å²) in [7, 11) is 0. The first kappa shape index (κ1) is 26.5. The summed E-state index contributed by atoms with van der Waals surface area (Å²) in [5.74, 6) is -1.24. The minimum atomic E-state index is -0.572. The lowest BCUT2D eigenvalue weighted by Gasteiger charge is -2.13. The van der Waals surface area contributed by atoms with E-state index < -0.39 is 29.4 Å². The van der Waals surface area contributed by atoms with Crippen LogP contribution >= 0.6 is 56.9 Å². The van der Waals surface area contributed by atoms with Crippen molar-refractivity contribution in [1.82, 2.24) is 4.90 Å². The fraction of sp³-hybridized carbons (Fsp3) is 0.0800. The normalized spacial score (nSPS) is 14.4. The van der Waals surface area contributed by atoms with Gasteiger partial charge in [0.15, 0.2) is 0 Å². The van der Waals surface area contributed by atoms with E-state index in [1.807, 2.05) is 12.1 Å². The first-order valence-corrected chi connectivity index (χ1v) is 13.3. The van der Waals surface area contributed by atoms with Crippen molar-refractivity contribution in [3.05, 3.63) is 95.5 Å². The van der Waals surface area contributed by atoms with Crippen molar-refractivity contribution < 1.29 is 27.9 Å². The number of hydrogen-bond donors (Lipinski definition) is 1. The third-order valence-corrected chi connectivity index (χ3v) is 7.43. The fourth-order valence-electron chi connectivity index (χ4n) is 3.20. The highest BCUT2D eigenvalue weighted by Gasteiger charge is 2.36. The van der Waals surface area contributed by atoms with Gasteiger partial charge in [0.25, 0.3) is 11.1 Å². The SMILES string of the molecule is O=C(CN1C(=O)S/C(=C\c2cc(I)c(OCc3ccc(F)cc3)c(I)c2)C1=O)Nc1ccc(F)cc1. The molecule has 0 bridgehead atoms. The second kappa shape index (κ2) is 11.7. The van der Waals surface area contributed by atoms with Gasteiger partial charge in [-0.1, -0.05) is 12.1 Å². The number of anilines is 1. The molecule has 0 unspecified atom stereocenters. The first-order chi connectivity index (χ1) is 17.2. The maximum Gasteiger partial charge on any atom is 0.294 e. The molecular formula is C25H16F2I2N2O4S. The molecular weight excluding hydrogens is 716 g/mol. The van der Waals surface area contributed by atoms with E-state index in [9.17, 15) is 23.2 Å². The standard InChI is InChI=1S/C25H16F2I2N2O4S/c26-16-3-1-14(2-4-16)13-35-23-19(28)9-15(10-20(23)29)11-21-24(33)31(25(34)36-21)12-22(32)30-18-7-5-17(27)6-8-18/h1-11H,12-13H2,(H,30,32)/b21-11-. The highest BCUT2D eigenvalue weighted by atomic mass is 127. The van der Waals surface area contributed by atoms with Crippen molar-refractivity contribution in [2.45, 2.75) is 6.61 Å². The number of thioether (sulfide) groups is 1. The van der Waals surface area contributed by atoms with E-state index in [1.54, 1.807) is 18.2 Å². The zero-order valence-corrected chi connectivity index (χ0v) is 23.4. The number of imide groups is 1. The molecule has 11 heteroatoms. The maximum absolute atomic E-state index is 13.1. The predicted molar refractivity (Wildman–Crippen MR) is 150 cm³/mol. The molecule has 0 radical (unpaired) electrons. The number of rotatable bonds is 7. The molecule has 6 nitrogen and oxygen atoms in total. The quantitative estimate of drug-likeness (QED) is 0.224. The molecule has 0 atom stereocenters. The van der Waals surface area contributed by atoms with Crippen LogP contribution in [0, 0.1) is 18.8 Å². The smallest absolute Gasteiger partial charge is 0.294 e. The largest absolute Gasteiger partial charge is 0.487 e. The molecule has 1 saturated heterocycles. The number of amides is 3. The van der Waals surface area contributed by atoms with Crippen molar-refractivity contribution in [2.75, 3.05) is 11.9 Å². The first-order valence-electron chi connectivity index (χ1n) is 10.4. The molecule has 0 aliphatic carbocycles. The van der Waals surface area contributed by atoms with Gasteiger partial charge in [0.1, 0.15) is 30.5 Å². The molecule has 1 heterocycles. The molecule has 1 N–H and O–H groups in total. The van der Waals surface area contributed by atoms with Crippen LogP contribution in [0.25, 0.3) is 6.08 Å². The topological polar surface area (TPSA) is 75.7 Å². The van der Waals surface area contributed by atoms with Gasteiger partial charge in [-0.25, -0.2) is 8.78 Å². The van der Waals surface area contributed by atoms with Gasteiger partial charge in [-0.15, -0.1) is 0 Å². The summed E-state index contributed by atoms with van der Waals surface area (Å²) in [5.41, 5.74) is 1.87. The lowest BCUT2D eigenvalue weighted by molar-refractivity contribution is -0.127. The molecule has 4 rings (SSSR count). The lowest BCUT2D eigenvalue weighted by Crippen LogP contribution is -2.36. The van der Waals surface area contributed by atoms with Crippen LogP contribution in [0.4, 0.5) is 19.3 Å². The number of carbonyl (C=O) groups is 3. The maximum atomic E-state index is 13.1. The number of nitrogens with zero attached hydrogens (tertiary/aromatic N) is 1. The van der Waals surface area contributed by atoms with Gasteiger partial charge in [-0.05, 0) is 123 Å². The summed E-state index contributed by atoms with van der Waals surface area (Å²) in [5, 5.41) is 1.98. The molecule has 0 spiro atoms. The van der Waals surface area contributed by atoms with Crippen molar-refractivity contribution >= 4 is 85.8 Å². The second-order valence-corrected chi connectivity index (χ2v) is 10.9. The van der Waals surface area contributed by atoms with E-state index >= 15 is 0 Å². The molecule has 184 valence electrons. The van der Waals surface area contributed by atoms with Crippen LogP contribution in [-0.4, -0.2) is 28.5 Å². The molecule has 1 aliphatic heterocycles. The Bertz CT molecular complexity index is 1340. The van der Waals surface area contributed by atoms with Crippen molar-refractivity contribution in [1.29, 1.82) is 0 Å². The van der Waals surface area contributed by atoms with E-state index in [0.29, 0.717) is 17.0 Å². The van der Waals surface area contributed by atoms with E-state index in [2.05, 4.69) is 50.5 Å². The highest BCUT2D eigenvalue weighted by Crippen LogP contribution is 2.35. The van der Waals surface area contributed by atoms with Gasteiger partial charge >= 0.3 is 0 Å². The molecule has 3 aromatic rings. The van der Waals surface area contributed by atoms with Crippen LogP contribution in [0.15, 0.2) is 65.6 Å². The number of benzene rings is 3. The van der Waals surface area contributed by atoms with E-state index in [0.717, 1.165) is 29.4 Å². The van der Waals surface area contributed by atoms with Gasteiger partial charge in [0, 0.05) is 5.69 Å². The monoisotopic (exact) mass is 732 g/mol. The van der Waals surface area contributed by atoms with Crippen molar-refractivity contribution in [3.63, 3.8) is 0 Å². The molecule has 0 aromatic heterocycles. The average Bonchev–Trinajstić information content (AvgIpc) is 3.08. The third kappa shape index (κ3) is 6.62. The number of halogens is 4. The predicted octanol–water partition coefficient (Wildman–Crippen LogP) is 6.43. The second-order valence-electron chi connectivity index (χ2n) is 7.55. The third-order valence-electron chi connectivity index (χ3n) is 4.92. The molecule has 0 saturated carbocycles. The fourth-order valence-corrected chi connectivity index (χ4v) is 6.17. The average molecular weight is 732 g/mol. The Morgan fingerprint density at radius 3 is 2.17 bits per heavy atom. The Morgan fingerprint density at radius 2 is 1.56 bits per heavy atom. The van der Waals surface area contributed by atoms with Crippen molar-refractivity contribution in [2.24, 2.45) is 0 Å². The van der Waals surface area contributed by atoms with Crippen LogP contribution < -0.4 is 10.1 Å². The van der Waals surface area contributed by atoms with Crippen LogP contribution in [0.3, 0.4) is 0 Å². The van der Waals surface area contributed by atoms with Crippen LogP contribution in [0.2, 0.25) is 0 Å². The minimum Gasteiger partial charge on any atom is -0.487 e. The van der Waals surface area contributed by atoms with Crippen molar-refractivity contribution in [3.8, 4) is 5.75 Å². The van der Waals surface area contributed by atoms with E-state index in [4.69, 9.17) is 4.74 Å². The summed E-state index contributed by atoms with van der Waals surface area (Å²) in [4.78, 5) is 38.6. The van der Waals surface area contributed by atoms with Gasteiger partial charge in [0.2, 0.25) is 5.91 Å². The Balaban J connectivity index is 1.43. The van der Waals surface area contributed by atoms with Gasteiger partial charge < -0.3 is 10.1 Å². The van der Waals surface area contributed by atoms with Gasteiger partial charge in [0.05, 0.1) is 12.0 Å². The summed E-state index contributed by atoms with van der Waals surface area (Å²) in [6.45, 7) is -0.185. The van der Waals surface area contributed by atoms with Crippen LogP contribution in [0.1, 0.15) is 11.1 Å². The number of carbonyl (C=O) groups excluding carboxylic acids is 3. The lowest BCUT2D eigenvalue weighted by atomic mass is 10.2. The van der Waals surface area contributed by atoms with E-state index in [-0.39, 0.29) is 17.3 Å². The zero-order chi connectivity index (χ0) is 25.8. The molecule has 36 heavy (non-hydrogen) atoms. The summed E-state index contributed by atoms with van der Waals surface area (Å²) >= 11 is 5.00. The van der Waals surface area contributed by atoms with Gasteiger partial charge in [-0.3, -0.25) is 19.3 Å². The number of nitrogens with one attached hydrogen (secondary N) is 1. The Labute approximate surface area is 236 Å². The summed E-state index contributed by atoms with van der Waals surface area (Å²) < 4.78 is 33.6. The highest BCUT2D eigenvalue weighted by molar-refractivity contribution is 14.1. The Hall–Kier alpha value is -2.52. The Kier molecular flexibility index (Phi) is 8.62. The number of hydrogen-bond acceptors (Lipinski definition) is 5. The summed E-state index contributed by atoms with van der Waals surface area (Å²) in [6.07, 6.45) is 1.59. The number of ether oxygens (including phenoxy) is 1. The van der Waals surface area contributed by atoms with Crippen LogP contribution in [-0.2, 0) is 16.2 Å². The molecule has 3 amide bonds. The van der Waals surface area contributed by atoms with Gasteiger partial charge in [-0.2, -0.15) is 0 Å².